The van der Waals surface area contributed by atoms with Crippen molar-refractivity contribution in [1.29, 1.82) is 0 Å². The number of ketones is 4. The van der Waals surface area contributed by atoms with E-state index in [1.54, 1.807) is 62.4 Å². The predicted octanol–water partition coefficient (Wildman–Crippen LogP) is 8.45. The van der Waals surface area contributed by atoms with Crippen LogP contribution in [0.15, 0.2) is 97.1 Å². The van der Waals surface area contributed by atoms with E-state index in [0.29, 0.717) is 20.1 Å². The summed E-state index contributed by atoms with van der Waals surface area (Å²) >= 11 is 24.3. The minimum atomic E-state index is -0.970. The highest BCUT2D eigenvalue weighted by Gasteiger charge is 2.91. The monoisotopic (exact) mass is 772 g/mol. The van der Waals surface area contributed by atoms with Crippen LogP contribution in [0.3, 0.4) is 0 Å². The van der Waals surface area contributed by atoms with Gasteiger partial charge >= 0.3 is 0 Å². The second-order valence-electron chi connectivity index (χ2n) is 15.6. The highest BCUT2D eigenvalue weighted by Crippen LogP contribution is 2.80. The van der Waals surface area contributed by atoms with Crippen LogP contribution >= 0.6 is 46.4 Å². The summed E-state index contributed by atoms with van der Waals surface area (Å²) in [7, 11) is 0. The first-order valence-electron chi connectivity index (χ1n) is 17.1. The van der Waals surface area contributed by atoms with E-state index in [-0.39, 0.29) is 23.1 Å². The molecule has 10 heteroatoms. The smallest absolute Gasteiger partial charge is 0.172 e. The Morgan fingerprint density at radius 3 is 0.865 bits per heavy atom. The molecule has 0 spiro atoms. The number of epoxide rings is 2. The summed E-state index contributed by atoms with van der Waals surface area (Å²) in [6.45, 7) is 7.24. The maximum Gasteiger partial charge on any atom is 0.172 e. The SMILES string of the molecule is C[C@@]12O[C@@H]1C(=O)[C@]1(C)[C@H](C2=O)C1(c1ccc(Cl)cc1)c1ccc(Cl)cc1.C[C@@]12O[C@@H]1C(=O)[C@]1(C)[C@H](C2=O)C1(c1ccc(Cl)cc1)c1ccc(Cl)cc1. The number of fused-ring (bicyclic) bond motifs is 4. The summed E-state index contributed by atoms with van der Waals surface area (Å²) in [5.41, 5.74) is -1.34. The number of carbonyl (C=O) groups excluding carboxylic acids is 4. The van der Waals surface area contributed by atoms with Gasteiger partial charge in [-0.05, 0) is 84.6 Å². The molecule has 6 aliphatic rings. The molecular formula is C42H32Cl4O6. The molecule has 0 aromatic heterocycles. The Balaban J connectivity index is 0.000000138. The maximum atomic E-state index is 13.2. The van der Waals surface area contributed by atoms with Gasteiger partial charge in [-0.3, -0.25) is 19.2 Å². The second kappa shape index (κ2) is 10.7. The van der Waals surface area contributed by atoms with Gasteiger partial charge in [0.25, 0.3) is 0 Å². The van der Waals surface area contributed by atoms with Crippen LogP contribution in [0, 0.1) is 22.7 Å². The van der Waals surface area contributed by atoms with Gasteiger partial charge in [-0.1, -0.05) is 109 Å². The molecule has 4 saturated carbocycles. The lowest BCUT2D eigenvalue weighted by Crippen LogP contribution is -2.39. The first kappa shape index (κ1) is 34.4. The minimum Gasteiger partial charge on any atom is -0.350 e. The standard InChI is InChI=1S/2C21H16Cl2O3/c2*1-19-15(16(24)20(2)18(26-20)17(19)25)21(19,11-3-7-13(22)8-4-11)12-5-9-14(23)10-6-12/h2*3-10,15,18H,1-2H3/t2*15-,18+,19-,20-/m00/s1. The fraction of sp³-hybridized carbons (Fsp3) is 0.333. The Bertz CT molecular complexity index is 2000. The molecule has 52 heavy (non-hydrogen) atoms. The Kier molecular flexibility index (Phi) is 7.05. The summed E-state index contributed by atoms with van der Waals surface area (Å²) in [6, 6.07) is 29.7. The molecule has 2 aliphatic heterocycles. The van der Waals surface area contributed by atoms with E-state index >= 15 is 0 Å². The maximum absolute atomic E-state index is 13.2. The molecule has 2 heterocycles. The molecule has 0 unspecified atom stereocenters. The van der Waals surface area contributed by atoms with Crippen molar-refractivity contribution in [3.63, 3.8) is 0 Å². The van der Waals surface area contributed by atoms with Crippen LogP contribution in [-0.4, -0.2) is 46.5 Å². The third kappa shape index (κ3) is 3.96. The van der Waals surface area contributed by atoms with Gasteiger partial charge in [-0.2, -0.15) is 0 Å². The number of ether oxygens (including phenoxy) is 2. The lowest BCUT2D eigenvalue weighted by atomic mass is 9.78. The van der Waals surface area contributed by atoms with Crippen LogP contribution in [-0.2, 0) is 39.5 Å². The van der Waals surface area contributed by atoms with Crippen LogP contribution in [0.25, 0.3) is 0 Å². The fourth-order valence-electron chi connectivity index (χ4n) is 10.4. The average molecular weight is 775 g/mol. The van der Waals surface area contributed by atoms with E-state index in [9.17, 15) is 19.2 Å². The van der Waals surface area contributed by atoms with E-state index in [0.717, 1.165) is 22.3 Å². The van der Waals surface area contributed by atoms with Crippen molar-refractivity contribution in [3.8, 4) is 0 Å². The van der Waals surface area contributed by atoms with Gasteiger partial charge in [-0.25, -0.2) is 0 Å². The first-order chi connectivity index (χ1) is 24.5. The van der Waals surface area contributed by atoms with Gasteiger partial charge in [0.05, 0.1) is 10.8 Å². The summed E-state index contributed by atoms with van der Waals surface area (Å²) < 4.78 is 11.0. The molecule has 4 aliphatic carbocycles. The van der Waals surface area contributed by atoms with Gasteiger partial charge in [0, 0.05) is 42.8 Å². The average Bonchev–Trinajstić information content (AvgIpc) is 4.08. The number of rotatable bonds is 4. The van der Waals surface area contributed by atoms with Crippen molar-refractivity contribution in [2.75, 3.05) is 0 Å². The molecule has 8 atom stereocenters. The van der Waals surface area contributed by atoms with Crippen LogP contribution in [0.1, 0.15) is 49.9 Å². The van der Waals surface area contributed by atoms with Gasteiger partial charge in [0.2, 0.25) is 0 Å². The Morgan fingerprint density at radius 2 is 0.635 bits per heavy atom. The number of carbonyl (C=O) groups is 4. The molecule has 0 N–H and O–H groups in total. The summed E-state index contributed by atoms with van der Waals surface area (Å²) in [5, 5.41) is 2.46. The number of halogens is 4. The van der Waals surface area contributed by atoms with E-state index in [1.807, 2.05) is 62.4 Å². The fourth-order valence-corrected chi connectivity index (χ4v) is 10.9. The lowest BCUT2D eigenvalue weighted by Gasteiger charge is -2.23. The topological polar surface area (TPSA) is 93.3 Å². The van der Waals surface area contributed by atoms with Crippen molar-refractivity contribution in [3.05, 3.63) is 139 Å². The zero-order valence-corrected chi connectivity index (χ0v) is 31.5. The Labute approximate surface area is 320 Å². The molecule has 6 nitrogen and oxygen atoms in total. The lowest BCUT2D eigenvalue weighted by molar-refractivity contribution is -0.132. The molecule has 2 saturated heterocycles. The normalized spacial score (nSPS) is 36.3. The van der Waals surface area contributed by atoms with Crippen LogP contribution < -0.4 is 0 Å². The Morgan fingerprint density at radius 1 is 0.404 bits per heavy atom. The molecule has 10 rings (SSSR count). The molecule has 4 aromatic carbocycles. The van der Waals surface area contributed by atoms with Crippen molar-refractivity contribution in [1.82, 2.24) is 0 Å². The van der Waals surface area contributed by atoms with Gasteiger partial charge in [0.1, 0.15) is 0 Å². The van der Waals surface area contributed by atoms with Crippen molar-refractivity contribution >= 4 is 69.5 Å². The van der Waals surface area contributed by atoms with Gasteiger partial charge in [0.15, 0.2) is 46.5 Å². The molecule has 6 fully saturated rings. The van der Waals surface area contributed by atoms with Gasteiger partial charge < -0.3 is 9.47 Å². The first-order valence-corrected chi connectivity index (χ1v) is 18.6. The molecule has 4 aromatic rings. The van der Waals surface area contributed by atoms with Crippen LogP contribution in [0.2, 0.25) is 20.1 Å². The van der Waals surface area contributed by atoms with Crippen LogP contribution in [0.5, 0.6) is 0 Å². The largest absolute Gasteiger partial charge is 0.350 e. The number of benzene rings is 4. The molecular weight excluding hydrogens is 742 g/mol. The number of hydrogen-bond donors (Lipinski definition) is 0. The number of Topliss-reactive ketones (excluding diaryl/α,β-unsaturated/α-hetero) is 4. The molecule has 0 bridgehead atoms. The molecule has 0 radical (unpaired) electrons. The van der Waals surface area contributed by atoms with Crippen molar-refractivity contribution in [2.24, 2.45) is 22.7 Å². The minimum absolute atomic E-state index is 0.00880. The third-order valence-electron chi connectivity index (χ3n) is 13.3. The highest BCUT2D eigenvalue weighted by molar-refractivity contribution is 6.31. The quantitative estimate of drug-likeness (QED) is 0.193. The van der Waals surface area contributed by atoms with Gasteiger partial charge in [-0.15, -0.1) is 0 Å². The zero-order chi connectivity index (χ0) is 37.0. The summed E-state index contributed by atoms with van der Waals surface area (Å²) in [6.07, 6.45) is -1.25. The van der Waals surface area contributed by atoms with E-state index < -0.39 is 56.9 Å². The van der Waals surface area contributed by atoms with Crippen molar-refractivity contribution in [2.45, 2.75) is 61.9 Å². The Hall–Kier alpha value is -3.36. The van der Waals surface area contributed by atoms with Crippen LogP contribution in [0.4, 0.5) is 0 Å². The summed E-state index contributed by atoms with van der Waals surface area (Å²) in [4.78, 5) is 53.0. The van der Waals surface area contributed by atoms with E-state index in [4.69, 9.17) is 55.9 Å². The summed E-state index contributed by atoms with van der Waals surface area (Å²) in [5.74, 6) is -0.866. The molecule has 0 amide bonds. The number of hydrogen-bond acceptors (Lipinski definition) is 6. The molecule has 264 valence electrons. The third-order valence-corrected chi connectivity index (χ3v) is 14.3. The van der Waals surface area contributed by atoms with E-state index in [1.165, 1.54) is 0 Å². The second-order valence-corrected chi connectivity index (χ2v) is 17.3. The zero-order valence-electron chi connectivity index (χ0n) is 28.5. The van der Waals surface area contributed by atoms with E-state index in [2.05, 4.69) is 0 Å². The predicted molar refractivity (Wildman–Crippen MR) is 197 cm³/mol. The highest BCUT2D eigenvalue weighted by atomic mass is 35.5. The van der Waals surface area contributed by atoms with Crippen molar-refractivity contribution < 1.29 is 28.7 Å².